The molecule has 0 amide bonds. The second-order valence-electron chi connectivity index (χ2n) is 3.60. The van der Waals surface area contributed by atoms with Gasteiger partial charge in [0, 0.05) is 13.0 Å². The van der Waals surface area contributed by atoms with Crippen LogP contribution in [0.15, 0.2) is 35.3 Å². The molecule has 0 aliphatic rings. The minimum atomic E-state index is 0.156. The maximum atomic E-state index is 11.6. The van der Waals surface area contributed by atoms with Crippen LogP contribution in [0.3, 0.4) is 0 Å². The molecule has 0 radical (unpaired) electrons. The lowest BCUT2D eigenvalue weighted by atomic mass is 10.1. The average Bonchev–Trinajstić information content (AvgIpc) is 2.29. The second kappa shape index (κ2) is 7.25. The molecule has 17 heavy (non-hydrogen) atoms. The molecule has 1 aromatic carbocycles. The van der Waals surface area contributed by atoms with Gasteiger partial charge in [0.2, 0.25) is 0 Å². The number of hydrogen-bond acceptors (Lipinski definition) is 3. The summed E-state index contributed by atoms with van der Waals surface area (Å²) < 4.78 is 5.99. The Morgan fingerprint density at radius 3 is 2.94 bits per heavy atom. The zero-order valence-corrected chi connectivity index (χ0v) is 11.4. The molecule has 0 atom stereocenters. The number of carbonyl (C=O) groups is 1. The molecule has 0 fully saturated rings. The Balaban J connectivity index is 2.53. The fourth-order valence-corrected chi connectivity index (χ4v) is 2.01. The number of halogens is 1. The standard InChI is InChI=1S/C13H16BrNO2/c1-3-6-15-9-11(16)7-10-4-5-13(17-2)12(14)8-10/h3-5,8,15H,1,6-7,9H2,2H3. The third kappa shape index (κ3) is 4.71. The first-order chi connectivity index (χ1) is 8.17. The van der Waals surface area contributed by atoms with Crippen molar-refractivity contribution in [2.45, 2.75) is 6.42 Å². The first-order valence-corrected chi connectivity index (χ1v) is 6.12. The molecule has 0 aliphatic carbocycles. The Kier molecular flexibility index (Phi) is 5.94. The normalized spacial score (nSPS) is 10.0. The number of ketones is 1. The van der Waals surface area contributed by atoms with E-state index in [2.05, 4.69) is 27.8 Å². The van der Waals surface area contributed by atoms with E-state index in [9.17, 15) is 4.79 Å². The summed E-state index contributed by atoms with van der Waals surface area (Å²) >= 11 is 3.40. The van der Waals surface area contributed by atoms with Gasteiger partial charge < -0.3 is 10.1 Å². The summed E-state index contributed by atoms with van der Waals surface area (Å²) in [6.45, 7) is 4.60. The molecule has 0 unspecified atom stereocenters. The Hall–Kier alpha value is -1.13. The van der Waals surface area contributed by atoms with Crippen LogP contribution in [0, 0.1) is 0 Å². The lowest BCUT2D eigenvalue weighted by Gasteiger charge is -2.06. The highest BCUT2D eigenvalue weighted by Crippen LogP contribution is 2.25. The zero-order chi connectivity index (χ0) is 12.7. The number of benzene rings is 1. The van der Waals surface area contributed by atoms with Crippen LogP contribution < -0.4 is 10.1 Å². The molecule has 0 aliphatic heterocycles. The quantitative estimate of drug-likeness (QED) is 0.620. The summed E-state index contributed by atoms with van der Waals surface area (Å²) in [5.74, 6) is 0.926. The molecule has 0 saturated heterocycles. The minimum absolute atomic E-state index is 0.156. The van der Waals surface area contributed by atoms with E-state index in [1.165, 1.54) is 0 Å². The lowest BCUT2D eigenvalue weighted by molar-refractivity contribution is -0.117. The lowest BCUT2D eigenvalue weighted by Crippen LogP contribution is -2.24. The van der Waals surface area contributed by atoms with E-state index in [0.717, 1.165) is 15.8 Å². The Morgan fingerprint density at radius 2 is 2.35 bits per heavy atom. The largest absolute Gasteiger partial charge is 0.496 e. The van der Waals surface area contributed by atoms with E-state index in [0.29, 0.717) is 19.5 Å². The van der Waals surface area contributed by atoms with Crippen LogP contribution in [0.4, 0.5) is 0 Å². The zero-order valence-electron chi connectivity index (χ0n) is 9.83. The number of nitrogens with one attached hydrogen (secondary N) is 1. The third-order valence-electron chi connectivity index (χ3n) is 2.23. The van der Waals surface area contributed by atoms with E-state index in [4.69, 9.17) is 4.74 Å². The van der Waals surface area contributed by atoms with Crippen molar-refractivity contribution in [3.63, 3.8) is 0 Å². The second-order valence-corrected chi connectivity index (χ2v) is 4.46. The molecule has 0 spiro atoms. The fourth-order valence-electron chi connectivity index (χ4n) is 1.42. The maximum Gasteiger partial charge on any atom is 0.150 e. The van der Waals surface area contributed by atoms with Crippen molar-refractivity contribution in [3.8, 4) is 5.75 Å². The molecular weight excluding hydrogens is 282 g/mol. The molecule has 3 nitrogen and oxygen atoms in total. The van der Waals surface area contributed by atoms with Crippen molar-refractivity contribution < 1.29 is 9.53 Å². The van der Waals surface area contributed by atoms with E-state index in [1.807, 2.05) is 18.2 Å². The highest BCUT2D eigenvalue weighted by molar-refractivity contribution is 9.10. The van der Waals surface area contributed by atoms with Crippen molar-refractivity contribution in [2.75, 3.05) is 20.2 Å². The van der Waals surface area contributed by atoms with Crippen molar-refractivity contribution in [1.82, 2.24) is 5.32 Å². The number of rotatable bonds is 7. The van der Waals surface area contributed by atoms with E-state index < -0.39 is 0 Å². The monoisotopic (exact) mass is 297 g/mol. The predicted octanol–water partition coefficient (Wildman–Crippen LogP) is 2.34. The van der Waals surface area contributed by atoms with E-state index in [-0.39, 0.29) is 5.78 Å². The minimum Gasteiger partial charge on any atom is -0.496 e. The van der Waals surface area contributed by atoms with Gasteiger partial charge in [0.15, 0.2) is 5.78 Å². The number of carbonyl (C=O) groups excluding carboxylic acids is 1. The summed E-state index contributed by atoms with van der Waals surface area (Å²) in [5, 5.41) is 2.99. The summed E-state index contributed by atoms with van der Waals surface area (Å²) in [5.41, 5.74) is 0.975. The van der Waals surface area contributed by atoms with E-state index >= 15 is 0 Å². The van der Waals surface area contributed by atoms with Gasteiger partial charge in [-0.25, -0.2) is 0 Å². The molecular formula is C13H16BrNO2. The maximum absolute atomic E-state index is 11.6. The average molecular weight is 298 g/mol. The van der Waals surface area contributed by atoms with Crippen LogP contribution in [-0.2, 0) is 11.2 Å². The molecule has 1 N–H and O–H groups in total. The molecule has 1 rings (SSSR count). The van der Waals surface area contributed by atoms with E-state index in [1.54, 1.807) is 13.2 Å². The predicted molar refractivity (Wildman–Crippen MR) is 72.5 cm³/mol. The van der Waals surface area contributed by atoms with Crippen molar-refractivity contribution in [2.24, 2.45) is 0 Å². The van der Waals surface area contributed by atoms with Gasteiger partial charge in [-0.3, -0.25) is 4.79 Å². The first-order valence-electron chi connectivity index (χ1n) is 5.33. The van der Waals surface area contributed by atoms with Gasteiger partial charge in [-0.05, 0) is 33.6 Å². The Morgan fingerprint density at radius 1 is 1.59 bits per heavy atom. The SMILES string of the molecule is C=CCNCC(=O)Cc1ccc(OC)c(Br)c1. The van der Waals surface area contributed by atoms with Gasteiger partial charge in [-0.2, -0.15) is 0 Å². The summed E-state index contributed by atoms with van der Waals surface area (Å²) in [6.07, 6.45) is 2.16. The highest BCUT2D eigenvalue weighted by atomic mass is 79.9. The summed E-state index contributed by atoms with van der Waals surface area (Å²) in [6, 6.07) is 5.66. The molecule has 0 bridgehead atoms. The summed E-state index contributed by atoms with van der Waals surface area (Å²) in [7, 11) is 1.62. The third-order valence-corrected chi connectivity index (χ3v) is 2.85. The fraction of sp³-hybridized carbons (Fsp3) is 0.308. The van der Waals surface area contributed by atoms with Gasteiger partial charge in [-0.15, -0.1) is 6.58 Å². The molecule has 0 aromatic heterocycles. The number of methoxy groups -OCH3 is 1. The topological polar surface area (TPSA) is 38.3 Å². The van der Waals surface area contributed by atoms with Crippen molar-refractivity contribution in [1.29, 1.82) is 0 Å². The van der Waals surface area contributed by atoms with Crippen LogP contribution in [0.2, 0.25) is 0 Å². The smallest absolute Gasteiger partial charge is 0.150 e. The Labute approximate surface area is 110 Å². The van der Waals surface area contributed by atoms with Gasteiger partial charge >= 0.3 is 0 Å². The molecule has 4 heteroatoms. The van der Waals surface area contributed by atoms with Crippen LogP contribution in [0.1, 0.15) is 5.56 Å². The van der Waals surface area contributed by atoms with Crippen molar-refractivity contribution >= 4 is 21.7 Å². The number of hydrogen-bond donors (Lipinski definition) is 1. The van der Waals surface area contributed by atoms with Crippen LogP contribution in [-0.4, -0.2) is 26.0 Å². The highest BCUT2D eigenvalue weighted by Gasteiger charge is 2.06. The van der Waals surface area contributed by atoms with Crippen molar-refractivity contribution in [3.05, 3.63) is 40.9 Å². The Bertz CT molecular complexity index is 404. The van der Waals surface area contributed by atoms with Crippen LogP contribution in [0.5, 0.6) is 5.75 Å². The molecule has 92 valence electrons. The molecule has 0 saturated carbocycles. The molecule has 1 aromatic rings. The number of ether oxygens (including phenoxy) is 1. The van der Waals surface area contributed by atoms with Crippen LogP contribution in [0.25, 0.3) is 0 Å². The van der Waals surface area contributed by atoms with Gasteiger partial charge in [0.05, 0.1) is 18.1 Å². The van der Waals surface area contributed by atoms with Gasteiger partial charge in [-0.1, -0.05) is 12.1 Å². The van der Waals surface area contributed by atoms with Gasteiger partial charge in [0.1, 0.15) is 5.75 Å². The van der Waals surface area contributed by atoms with Crippen LogP contribution >= 0.6 is 15.9 Å². The molecule has 0 heterocycles. The summed E-state index contributed by atoms with van der Waals surface area (Å²) in [4.78, 5) is 11.6. The van der Waals surface area contributed by atoms with Gasteiger partial charge in [0.25, 0.3) is 0 Å². The first kappa shape index (κ1) is 13.9. The number of Topliss-reactive ketones (excluding diaryl/α,β-unsaturated/α-hetero) is 1.